The summed E-state index contributed by atoms with van der Waals surface area (Å²) in [5.74, 6) is -6.94. The van der Waals surface area contributed by atoms with Crippen LogP contribution in [0.25, 0.3) is 0 Å². The van der Waals surface area contributed by atoms with Gasteiger partial charge in [-0.1, -0.05) is 0 Å². The van der Waals surface area contributed by atoms with Gasteiger partial charge >= 0.3 is 5.97 Å². The molecule has 21 nitrogen and oxygen atoms in total. The van der Waals surface area contributed by atoms with Crippen molar-refractivity contribution in [3.05, 3.63) is 0 Å². The zero-order valence-corrected chi connectivity index (χ0v) is 23.8. The van der Waals surface area contributed by atoms with Gasteiger partial charge in [-0.15, -0.1) is 0 Å². The normalized spacial score (nSPS) is 14.8. The molecule has 0 aromatic heterocycles. The van der Waals surface area contributed by atoms with Crippen LogP contribution in [-0.4, -0.2) is 156 Å². The van der Waals surface area contributed by atoms with Crippen molar-refractivity contribution < 1.29 is 63.9 Å². The highest BCUT2D eigenvalue weighted by molar-refractivity contribution is 5.94. The number of hydrogen-bond acceptors (Lipinski definition) is 14. The molecule has 0 rings (SSSR count). The molecule has 0 fully saturated rings. The summed E-state index contributed by atoms with van der Waals surface area (Å²) in [5.41, 5.74) is 2.94. The molecular formula is C23H40N8O13. The van der Waals surface area contributed by atoms with Gasteiger partial charge < -0.3 is 73.3 Å². The summed E-state index contributed by atoms with van der Waals surface area (Å²) >= 11 is 0. The number of carboxylic acid groups (broad SMARTS) is 1. The van der Waals surface area contributed by atoms with E-state index >= 15 is 0 Å². The molecule has 0 aromatic rings. The quantitative estimate of drug-likeness (QED) is 0.0463. The number of aliphatic hydroxyl groups is 4. The van der Waals surface area contributed by atoms with Gasteiger partial charge in [0.15, 0.2) is 0 Å². The number of primary amides is 1. The van der Waals surface area contributed by atoms with Crippen molar-refractivity contribution in [2.24, 2.45) is 5.73 Å². The fourth-order valence-corrected chi connectivity index (χ4v) is 3.29. The molecule has 21 heteroatoms. The number of hydrogen-bond donors (Lipinski definition) is 13. The second-order valence-corrected chi connectivity index (χ2v) is 9.26. The highest BCUT2D eigenvalue weighted by Crippen LogP contribution is 2.04. The van der Waals surface area contributed by atoms with Crippen molar-refractivity contribution in [2.45, 2.75) is 42.5 Å². The summed E-state index contributed by atoms with van der Waals surface area (Å²) in [6.45, 7) is -5.59. The molecule has 14 N–H and O–H groups in total. The van der Waals surface area contributed by atoms with Crippen LogP contribution < -0.4 is 43.0 Å². The third kappa shape index (κ3) is 14.3. The van der Waals surface area contributed by atoms with Crippen LogP contribution in [0.1, 0.15) is 12.8 Å². The Hall–Kier alpha value is -4.28. The molecule has 6 amide bonds. The number of aldehydes is 1. The third-order valence-corrected chi connectivity index (χ3v) is 5.88. The van der Waals surface area contributed by atoms with Gasteiger partial charge in [0.05, 0.1) is 39.5 Å². The Bertz CT molecular complexity index is 1030. The SMILES string of the molecule is CNC(CCC(=O)NC(C=O)(CO)CNC(CO)C(=O)NCC(=O)NC(CO)C(=O)NC(CO)C(=O)NCC(N)=O)C(=O)O. The topological polar surface area (TPSA) is 348 Å². The predicted octanol–water partition coefficient (Wildman–Crippen LogP) is -8.89. The molecule has 0 spiro atoms. The number of carboxylic acids is 1. The number of aliphatic hydroxyl groups excluding tert-OH is 4. The Morgan fingerprint density at radius 2 is 1.32 bits per heavy atom. The molecule has 44 heavy (non-hydrogen) atoms. The number of amides is 6. The lowest BCUT2D eigenvalue weighted by Gasteiger charge is -2.29. The number of rotatable bonds is 23. The standard InChI is InChI=1S/C23H40N8O13/c1-25-12(22(43)44)2-3-17(38)31-23(10-35,11-36)9-28-13(6-32)19(40)27-5-18(39)29-15(8-34)21(42)30-14(7-33)20(41)26-4-16(24)37/h10,12-15,25,28,32-34,36H,2-9,11H2,1H3,(H2,24,37)(H,26,41)(H,27,40)(H,29,39)(H,30,42)(H,31,38)(H,43,44). The molecule has 0 aliphatic carbocycles. The van der Waals surface area contributed by atoms with Crippen LogP contribution in [0.3, 0.4) is 0 Å². The van der Waals surface area contributed by atoms with E-state index in [0.717, 1.165) is 0 Å². The average molecular weight is 637 g/mol. The first kappa shape index (κ1) is 39.7. The first-order valence-corrected chi connectivity index (χ1v) is 13.0. The minimum Gasteiger partial charge on any atom is -0.480 e. The summed E-state index contributed by atoms with van der Waals surface area (Å²) in [4.78, 5) is 94.8. The Morgan fingerprint density at radius 3 is 1.80 bits per heavy atom. The van der Waals surface area contributed by atoms with Crippen molar-refractivity contribution >= 4 is 47.7 Å². The van der Waals surface area contributed by atoms with Crippen molar-refractivity contribution in [3.63, 3.8) is 0 Å². The van der Waals surface area contributed by atoms with Crippen LogP contribution in [0.2, 0.25) is 0 Å². The van der Waals surface area contributed by atoms with Crippen LogP contribution >= 0.6 is 0 Å². The number of likely N-dealkylation sites (N-methyl/N-ethyl adjacent to an activating group) is 1. The van der Waals surface area contributed by atoms with Gasteiger partial charge in [-0.05, 0) is 13.5 Å². The molecule has 5 atom stereocenters. The molecular weight excluding hydrogens is 596 g/mol. The molecule has 0 heterocycles. The highest BCUT2D eigenvalue weighted by Gasteiger charge is 2.33. The largest absolute Gasteiger partial charge is 0.480 e. The van der Waals surface area contributed by atoms with Gasteiger partial charge in [0.2, 0.25) is 35.4 Å². The molecule has 0 bridgehead atoms. The monoisotopic (exact) mass is 636 g/mol. The summed E-state index contributed by atoms with van der Waals surface area (Å²) < 4.78 is 0. The fourth-order valence-electron chi connectivity index (χ4n) is 3.29. The van der Waals surface area contributed by atoms with Crippen LogP contribution in [0.4, 0.5) is 0 Å². The maximum absolute atomic E-state index is 12.5. The first-order chi connectivity index (χ1) is 20.7. The van der Waals surface area contributed by atoms with E-state index in [4.69, 9.17) is 10.8 Å². The van der Waals surface area contributed by atoms with E-state index in [1.807, 2.05) is 10.6 Å². The minimum absolute atomic E-state index is 0.137. The van der Waals surface area contributed by atoms with Crippen LogP contribution in [0.5, 0.6) is 0 Å². The molecule has 0 aromatic carbocycles. The molecule has 250 valence electrons. The van der Waals surface area contributed by atoms with E-state index in [-0.39, 0.29) is 19.1 Å². The number of nitrogens with two attached hydrogens (primary N) is 1. The number of aliphatic carboxylic acids is 1. The minimum atomic E-state index is -1.95. The maximum Gasteiger partial charge on any atom is 0.320 e. The molecule has 0 aliphatic heterocycles. The second kappa shape index (κ2) is 20.6. The van der Waals surface area contributed by atoms with Crippen LogP contribution in [-0.2, 0) is 38.4 Å². The van der Waals surface area contributed by atoms with Gasteiger partial charge in [-0.3, -0.25) is 33.6 Å². The van der Waals surface area contributed by atoms with E-state index in [1.165, 1.54) is 7.05 Å². The van der Waals surface area contributed by atoms with E-state index < -0.39 is 117 Å². The fraction of sp³-hybridized carbons (Fsp3) is 0.652. The number of carbonyl (C=O) groups excluding carboxylic acids is 7. The van der Waals surface area contributed by atoms with Gasteiger partial charge in [-0.25, -0.2) is 0 Å². The van der Waals surface area contributed by atoms with Crippen molar-refractivity contribution in [1.29, 1.82) is 0 Å². The molecule has 0 saturated carbocycles. The average Bonchev–Trinajstić information content (AvgIpc) is 2.99. The number of nitrogens with one attached hydrogen (secondary N) is 7. The molecule has 0 saturated heterocycles. The Morgan fingerprint density at radius 1 is 0.773 bits per heavy atom. The predicted molar refractivity (Wildman–Crippen MR) is 146 cm³/mol. The summed E-state index contributed by atoms with van der Waals surface area (Å²) in [5, 5.41) is 62.6. The van der Waals surface area contributed by atoms with Crippen molar-refractivity contribution in [1.82, 2.24) is 37.2 Å². The Kier molecular flexibility index (Phi) is 18.6. The summed E-state index contributed by atoms with van der Waals surface area (Å²) in [6.07, 6.45) is -0.280. The third-order valence-electron chi connectivity index (χ3n) is 5.88. The summed E-state index contributed by atoms with van der Waals surface area (Å²) in [6, 6.07) is -5.70. The lowest BCUT2D eigenvalue weighted by molar-refractivity contribution is -0.139. The van der Waals surface area contributed by atoms with E-state index in [2.05, 4.69) is 26.6 Å². The van der Waals surface area contributed by atoms with Gasteiger partial charge in [0.25, 0.3) is 0 Å². The smallest absolute Gasteiger partial charge is 0.320 e. The van der Waals surface area contributed by atoms with Crippen molar-refractivity contribution in [3.8, 4) is 0 Å². The molecule has 0 radical (unpaired) electrons. The summed E-state index contributed by atoms with van der Waals surface area (Å²) in [7, 11) is 1.38. The van der Waals surface area contributed by atoms with Crippen LogP contribution in [0.15, 0.2) is 0 Å². The van der Waals surface area contributed by atoms with E-state index in [1.54, 1.807) is 0 Å². The van der Waals surface area contributed by atoms with Crippen molar-refractivity contribution in [2.75, 3.05) is 53.1 Å². The van der Waals surface area contributed by atoms with Gasteiger partial charge in [0.1, 0.15) is 36.0 Å². The lowest BCUT2D eigenvalue weighted by Crippen LogP contribution is -2.62. The lowest BCUT2D eigenvalue weighted by atomic mass is 10.0. The Labute approximate surface area is 250 Å². The number of carbonyl (C=O) groups is 8. The maximum atomic E-state index is 12.5. The first-order valence-electron chi connectivity index (χ1n) is 13.0. The second-order valence-electron chi connectivity index (χ2n) is 9.26. The zero-order valence-electron chi connectivity index (χ0n) is 23.8. The highest BCUT2D eigenvalue weighted by atomic mass is 16.4. The van der Waals surface area contributed by atoms with Gasteiger partial charge in [0, 0.05) is 13.0 Å². The van der Waals surface area contributed by atoms with E-state index in [0.29, 0.717) is 0 Å². The molecule has 5 unspecified atom stereocenters. The van der Waals surface area contributed by atoms with E-state index in [9.17, 15) is 58.8 Å². The van der Waals surface area contributed by atoms with Gasteiger partial charge in [-0.2, -0.15) is 0 Å². The Balaban J connectivity index is 5.04. The molecule has 0 aliphatic rings. The zero-order chi connectivity index (χ0) is 33.9. The van der Waals surface area contributed by atoms with Crippen LogP contribution in [0, 0.1) is 0 Å².